The standard InChI is InChI=1S/C12H13F2NO2/c1-3-17-12(16)4-7(2)8-5-10(14)11(15)6-9(8)13/h4-6H,3,15H2,1-2H3/b7-4+. The largest absolute Gasteiger partial charge is 0.463 e. The van der Waals surface area contributed by atoms with E-state index in [1.165, 1.54) is 6.92 Å². The predicted octanol–water partition coefficient (Wildman–Crippen LogP) is 2.51. The molecule has 3 nitrogen and oxygen atoms in total. The van der Waals surface area contributed by atoms with Crippen LogP contribution in [0.25, 0.3) is 5.57 Å². The maximum absolute atomic E-state index is 13.5. The predicted molar refractivity (Wildman–Crippen MR) is 61.1 cm³/mol. The monoisotopic (exact) mass is 241 g/mol. The van der Waals surface area contributed by atoms with Crippen LogP contribution in [0.5, 0.6) is 0 Å². The second-order valence-corrected chi connectivity index (χ2v) is 3.43. The van der Waals surface area contributed by atoms with Gasteiger partial charge < -0.3 is 10.5 Å². The summed E-state index contributed by atoms with van der Waals surface area (Å²) in [6.45, 7) is 3.37. The van der Waals surface area contributed by atoms with Crippen molar-refractivity contribution in [3.63, 3.8) is 0 Å². The molecule has 0 fully saturated rings. The normalized spacial score (nSPS) is 11.4. The van der Waals surface area contributed by atoms with Crippen LogP contribution in [0.1, 0.15) is 19.4 Å². The van der Waals surface area contributed by atoms with E-state index in [0.717, 1.165) is 18.2 Å². The van der Waals surface area contributed by atoms with E-state index in [0.29, 0.717) is 0 Å². The van der Waals surface area contributed by atoms with Crippen LogP contribution < -0.4 is 5.73 Å². The minimum Gasteiger partial charge on any atom is -0.463 e. The SMILES string of the molecule is CCOC(=O)/C=C(\C)c1cc(F)c(N)cc1F. The molecule has 0 saturated heterocycles. The molecule has 1 aromatic carbocycles. The third-order valence-corrected chi connectivity index (χ3v) is 2.13. The van der Waals surface area contributed by atoms with Crippen LogP contribution in [0.15, 0.2) is 18.2 Å². The Morgan fingerprint density at radius 3 is 2.65 bits per heavy atom. The fraction of sp³-hybridized carbons (Fsp3) is 0.250. The molecule has 0 aromatic heterocycles. The van der Waals surface area contributed by atoms with Crippen molar-refractivity contribution in [1.82, 2.24) is 0 Å². The second kappa shape index (κ2) is 5.43. The van der Waals surface area contributed by atoms with E-state index in [1.807, 2.05) is 0 Å². The van der Waals surface area contributed by atoms with Crippen molar-refractivity contribution in [2.75, 3.05) is 12.3 Å². The van der Waals surface area contributed by atoms with Gasteiger partial charge in [-0.25, -0.2) is 13.6 Å². The summed E-state index contributed by atoms with van der Waals surface area (Å²) in [5, 5.41) is 0. The lowest BCUT2D eigenvalue weighted by Gasteiger charge is -2.06. The summed E-state index contributed by atoms with van der Waals surface area (Å²) in [5.41, 5.74) is 5.21. The van der Waals surface area contributed by atoms with Crippen molar-refractivity contribution in [3.8, 4) is 0 Å². The quantitative estimate of drug-likeness (QED) is 0.502. The average molecular weight is 241 g/mol. The van der Waals surface area contributed by atoms with E-state index in [-0.39, 0.29) is 23.4 Å². The summed E-state index contributed by atoms with van der Waals surface area (Å²) in [5.74, 6) is -2.00. The molecule has 0 spiro atoms. The third-order valence-electron chi connectivity index (χ3n) is 2.13. The Labute approximate surface area is 97.9 Å². The van der Waals surface area contributed by atoms with Gasteiger partial charge in [-0.15, -0.1) is 0 Å². The number of nitrogens with two attached hydrogens (primary N) is 1. The van der Waals surface area contributed by atoms with Crippen molar-refractivity contribution in [2.24, 2.45) is 0 Å². The highest BCUT2D eigenvalue weighted by Crippen LogP contribution is 2.22. The van der Waals surface area contributed by atoms with E-state index in [9.17, 15) is 13.6 Å². The van der Waals surface area contributed by atoms with E-state index in [2.05, 4.69) is 4.74 Å². The number of allylic oxidation sites excluding steroid dienone is 1. The molecule has 0 aliphatic carbocycles. The minimum absolute atomic E-state index is 0.00949. The summed E-state index contributed by atoms with van der Waals surface area (Å²) >= 11 is 0. The third kappa shape index (κ3) is 3.27. The Kier molecular flexibility index (Phi) is 4.20. The van der Waals surface area contributed by atoms with Gasteiger partial charge in [0.1, 0.15) is 11.6 Å². The van der Waals surface area contributed by atoms with Gasteiger partial charge in [0.05, 0.1) is 12.3 Å². The lowest BCUT2D eigenvalue weighted by Crippen LogP contribution is -2.01. The first-order valence-electron chi connectivity index (χ1n) is 5.05. The summed E-state index contributed by atoms with van der Waals surface area (Å²) in [6, 6.07) is 1.84. The average Bonchev–Trinajstić information content (AvgIpc) is 2.23. The summed E-state index contributed by atoms with van der Waals surface area (Å²) in [6.07, 6.45) is 1.11. The van der Waals surface area contributed by atoms with Crippen LogP contribution in [0.2, 0.25) is 0 Å². The molecule has 5 heteroatoms. The molecule has 0 bridgehead atoms. The highest BCUT2D eigenvalue weighted by Gasteiger charge is 2.10. The number of esters is 1. The lowest BCUT2D eigenvalue weighted by molar-refractivity contribution is -0.137. The Morgan fingerprint density at radius 2 is 2.06 bits per heavy atom. The number of nitrogen functional groups attached to an aromatic ring is 1. The smallest absolute Gasteiger partial charge is 0.331 e. The number of benzene rings is 1. The zero-order chi connectivity index (χ0) is 13.0. The molecule has 2 N–H and O–H groups in total. The number of carbonyl (C=O) groups excluding carboxylic acids is 1. The van der Waals surface area contributed by atoms with Crippen molar-refractivity contribution in [2.45, 2.75) is 13.8 Å². The van der Waals surface area contributed by atoms with Crippen LogP contribution in [0, 0.1) is 11.6 Å². The van der Waals surface area contributed by atoms with E-state index in [1.54, 1.807) is 6.92 Å². The molecular formula is C12H13F2NO2. The zero-order valence-electron chi connectivity index (χ0n) is 9.59. The highest BCUT2D eigenvalue weighted by atomic mass is 19.1. The molecule has 0 aliphatic rings. The van der Waals surface area contributed by atoms with Crippen molar-refractivity contribution in [1.29, 1.82) is 0 Å². The highest BCUT2D eigenvalue weighted by molar-refractivity contribution is 5.91. The summed E-state index contributed by atoms with van der Waals surface area (Å²) in [4.78, 5) is 11.2. The van der Waals surface area contributed by atoms with Crippen LogP contribution in [0.4, 0.5) is 14.5 Å². The summed E-state index contributed by atoms with van der Waals surface area (Å²) in [7, 11) is 0. The first-order valence-corrected chi connectivity index (χ1v) is 5.05. The van der Waals surface area contributed by atoms with Crippen LogP contribution in [-0.2, 0) is 9.53 Å². The molecule has 0 aliphatic heterocycles. The lowest BCUT2D eigenvalue weighted by atomic mass is 10.1. The maximum Gasteiger partial charge on any atom is 0.331 e. The molecule has 0 radical (unpaired) electrons. The van der Waals surface area contributed by atoms with Gasteiger partial charge >= 0.3 is 5.97 Å². The Morgan fingerprint density at radius 1 is 1.41 bits per heavy atom. The van der Waals surface area contributed by atoms with Crippen molar-refractivity contribution < 1.29 is 18.3 Å². The van der Waals surface area contributed by atoms with Crippen molar-refractivity contribution >= 4 is 17.2 Å². The van der Waals surface area contributed by atoms with Gasteiger partial charge in [-0.05, 0) is 25.5 Å². The zero-order valence-corrected chi connectivity index (χ0v) is 9.59. The van der Waals surface area contributed by atoms with E-state index in [4.69, 9.17) is 5.73 Å². The number of hydrogen-bond donors (Lipinski definition) is 1. The minimum atomic E-state index is -0.724. The van der Waals surface area contributed by atoms with E-state index < -0.39 is 17.6 Å². The Balaban J connectivity index is 3.08. The number of carbonyl (C=O) groups is 1. The number of anilines is 1. The molecule has 1 aromatic rings. The first-order chi connectivity index (χ1) is 7.95. The van der Waals surface area contributed by atoms with E-state index >= 15 is 0 Å². The molecule has 17 heavy (non-hydrogen) atoms. The number of ether oxygens (including phenoxy) is 1. The topological polar surface area (TPSA) is 52.3 Å². The summed E-state index contributed by atoms with van der Waals surface area (Å²) < 4.78 is 31.3. The van der Waals surface area contributed by atoms with Crippen LogP contribution in [-0.4, -0.2) is 12.6 Å². The first kappa shape index (κ1) is 13.2. The van der Waals surface area contributed by atoms with Gasteiger partial charge in [0, 0.05) is 17.7 Å². The van der Waals surface area contributed by atoms with Gasteiger partial charge in [0.15, 0.2) is 0 Å². The molecule has 92 valence electrons. The second-order valence-electron chi connectivity index (χ2n) is 3.43. The fourth-order valence-electron chi connectivity index (χ4n) is 1.30. The number of halogens is 2. The maximum atomic E-state index is 13.5. The molecule has 0 saturated carbocycles. The van der Waals surface area contributed by atoms with Gasteiger partial charge in [0.2, 0.25) is 0 Å². The fourth-order valence-corrected chi connectivity index (χ4v) is 1.30. The molecule has 0 unspecified atom stereocenters. The Hall–Kier alpha value is -1.91. The molecule has 1 rings (SSSR count). The van der Waals surface area contributed by atoms with Gasteiger partial charge in [-0.3, -0.25) is 0 Å². The van der Waals surface area contributed by atoms with Gasteiger partial charge in [0.25, 0.3) is 0 Å². The van der Waals surface area contributed by atoms with Crippen LogP contribution in [0.3, 0.4) is 0 Å². The molecular weight excluding hydrogens is 228 g/mol. The van der Waals surface area contributed by atoms with Gasteiger partial charge in [-0.1, -0.05) is 0 Å². The number of rotatable bonds is 3. The molecule has 0 atom stereocenters. The Bertz CT molecular complexity index is 470. The van der Waals surface area contributed by atoms with Crippen LogP contribution >= 0.6 is 0 Å². The number of hydrogen-bond acceptors (Lipinski definition) is 3. The molecule has 0 heterocycles. The molecule has 0 amide bonds. The van der Waals surface area contributed by atoms with Gasteiger partial charge in [-0.2, -0.15) is 0 Å². The van der Waals surface area contributed by atoms with Crippen molar-refractivity contribution in [3.05, 3.63) is 35.4 Å².